The maximum absolute atomic E-state index is 11.2. The number of benzene rings is 1. The maximum Gasteiger partial charge on any atom is 0.153 e. The van der Waals surface area contributed by atoms with Crippen molar-refractivity contribution < 1.29 is 4.79 Å². The molecule has 0 aliphatic heterocycles. The van der Waals surface area contributed by atoms with Crippen molar-refractivity contribution >= 4 is 22.2 Å². The number of hydrogen-bond acceptors (Lipinski definition) is 3. The van der Waals surface area contributed by atoms with Crippen molar-refractivity contribution in [3.05, 3.63) is 70.6 Å². The van der Waals surface area contributed by atoms with E-state index in [2.05, 4.69) is 26.0 Å². The van der Waals surface area contributed by atoms with E-state index in [1.807, 2.05) is 36.4 Å². The second kappa shape index (κ2) is 6.01. The van der Waals surface area contributed by atoms with Crippen LogP contribution in [0.5, 0.6) is 0 Å². The Morgan fingerprint density at radius 3 is 2.67 bits per heavy atom. The molecule has 5 heteroatoms. The fourth-order valence-electron chi connectivity index (χ4n) is 2.11. The topological polar surface area (TPSA) is 47.8 Å². The van der Waals surface area contributed by atoms with Crippen molar-refractivity contribution in [1.82, 2.24) is 14.8 Å². The first kappa shape index (κ1) is 13.7. The minimum absolute atomic E-state index is 0.570. The van der Waals surface area contributed by atoms with Gasteiger partial charge in [0.25, 0.3) is 0 Å². The van der Waals surface area contributed by atoms with Crippen LogP contribution >= 0.6 is 15.9 Å². The van der Waals surface area contributed by atoms with Gasteiger partial charge in [-0.2, -0.15) is 5.10 Å². The van der Waals surface area contributed by atoms with Gasteiger partial charge in [-0.3, -0.25) is 14.5 Å². The van der Waals surface area contributed by atoms with E-state index in [1.54, 1.807) is 23.3 Å². The normalized spacial score (nSPS) is 10.5. The second-order valence-electron chi connectivity index (χ2n) is 4.62. The van der Waals surface area contributed by atoms with Crippen LogP contribution in [0.15, 0.2) is 59.5 Å². The SMILES string of the molecule is O=Cc1cn(Cc2ccc(Br)cc2)nc1-c1cccnc1. The smallest absolute Gasteiger partial charge is 0.153 e. The summed E-state index contributed by atoms with van der Waals surface area (Å²) < 4.78 is 2.81. The van der Waals surface area contributed by atoms with Gasteiger partial charge in [0.2, 0.25) is 0 Å². The van der Waals surface area contributed by atoms with Gasteiger partial charge in [0.15, 0.2) is 6.29 Å². The summed E-state index contributed by atoms with van der Waals surface area (Å²) in [7, 11) is 0. The molecule has 0 bridgehead atoms. The Kier molecular flexibility index (Phi) is 3.92. The third-order valence-electron chi connectivity index (χ3n) is 3.11. The van der Waals surface area contributed by atoms with E-state index in [-0.39, 0.29) is 0 Å². The molecular weight excluding hydrogens is 330 g/mol. The molecule has 2 aromatic heterocycles. The van der Waals surface area contributed by atoms with Crippen LogP contribution in [0, 0.1) is 0 Å². The number of nitrogens with zero attached hydrogens (tertiary/aromatic N) is 3. The van der Waals surface area contributed by atoms with Crippen LogP contribution < -0.4 is 0 Å². The lowest BCUT2D eigenvalue weighted by Crippen LogP contribution is -2.00. The van der Waals surface area contributed by atoms with E-state index in [0.717, 1.165) is 21.9 Å². The molecule has 0 amide bonds. The summed E-state index contributed by atoms with van der Waals surface area (Å²) in [5.74, 6) is 0. The molecule has 0 aliphatic carbocycles. The summed E-state index contributed by atoms with van der Waals surface area (Å²) in [5, 5.41) is 4.50. The summed E-state index contributed by atoms with van der Waals surface area (Å²) >= 11 is 3.41. The number of rotatable bonds is 4. The minimum atomic E-state index is 0.570. The van der Waals surface area contributed by atoms with Crippen LogP contribution in [-0.2, 0) is 6.54 Å². The highest BCUT2D eigenvalue weighted by molar-refractivity contribution is 9.10. The predicted octanol–water partition coefficient (Wildman–Crippen LogP) is 3.57. The van der Waals surface area contributed by atoms with Gasteiger partial charge < -0.3 is 0 Å². The van der Waals surface area contributed by atoms with E-state index >= 15 is 0 Å². The summed E-state index contributed by atoms with van der Waals surface area (Å²) in [5.41, 5.74) is 3.19. The van der Waals surface area contributed by atoms with Gasteiger partial charge in [-0.15, -0.1) is 0 Å². The second-order valence-corrected chi connectivity index (χ2v) is 5.53. The van der Waals surface area contributed by atoms with Gasteiger partial charge in [-0.05, 0) is 29.8 Å². The molecule has 0 atom stereocenters. The Balaban J connectivity index is 1.92. The molecule has 0 saturated heterocycles. The van der Waals surface area contributed by atoms with Crippen molar-refractivity contribution in [2.24, 2.45) is 0 Å². The number of aldehydes is 1. The van der Waals surface area contributed by atoms with Gasteiger partial charge in [0, 0.05) is 28.6 Å². The highest BCUT2D eigenvalue weighted by Crippen LogP contribution is 2.20. The van der Waals surface area contributed by atoms with Crippen molar-refractivity contribution in [1.29, 1.82) is 0 Å². The number of hydrogen-bond donors (Lipinski definition) is 0. The molecule has 0 N–H and O–H groups in total. The summed E-state index contributed by atoms with van der Waals surface area (Å²) in [4.78, 5) is 15.3. The van der Waals surface area contributed by atoms with Crippen LogP contribution in [0.25, 0.3) is 11.3 Å². The zero-order chi connectivity index (χ0) is 14.7. The van der Waals surface area contributed by atoms with Crippen molar-refractivity contribution in [3.63, 3.8) is 0 Å². The molecule has 0 spiro atoms. The lowest BCUT2D eigenvalue weighted by Gasteiger charge is -2.02. The van der Waals surface area contributed by atoms with Crippen LogP contribution in [0.3, 0.4) is 0 Å². The van der Waals surface area contributed by atoms with Gasteiger partial charge in [0.1, 0.15) is 5.69 Å². The Hall–Kier alpha value is -2.27. The molecule has 104 valence electrons. The molecule has 3 rings (SSSR count). The number of aromatic nitrogens is 3. The molecule has 0 fully saturated rings. The first-order valence-corrected chi connectivity index (χ1v) is 7.23. The lowest BCUT2D eigenvalue weighted by atomic mass is 10.1. The average Bonchev–Trinajstić information content (AvgIpc) is 2.93. The largest absolute Gasteiger partial charge is 0.298 e. The first-order chi connectivity index (χ1) is 10.3. The van der Waals surface area contributed by atoms with E-state index in [4.69, 9.17) is 0 Å². The monoisotopic (exact) mass is 341 g/mol. The van der Waals surface area contributed by atoms with E-state index in [1.165, 1.54) is 0 Å². The number of carbonyl (C=O) groups excluding carboxylic acids is 1. The Morgan fingerprint density at radius 1 is 1.19 bits per heavy atom. The van der Waals surface area contributed by atoms with Crippen LogP contribution in [0.1, 0.15) is 15.9 Å². The zero-order valence-electron chi connectivity index (χ0n) is 11.1. The van der Waals surface area contributed by atoms with E-state index < -0.39 is 0 Å². The molecule has 0 unspecified atom stereocenters. The van der Waals surface area contributed by atoms with Gasteiger partial charge in [-0.25, -0.2) is 0 Å². The highest BCUT2D eigenvalue weighted by Gasteiger charge is 2.10. The molecule has 0 radical (unpaired) electrons. The zero-order valence-corrected chi connectivity index (χ0v) is 12.7. The van der Waals surface area contributed by atoms with Crippen molar-refractivity contribution in [3.8, 4) is 11.3 Å². The van der Waals surface area contributed by atoms with Crippen molar-refractivity contribution in [2.45, 2.75) is 6.54 Å². The molecular formula is C16H12BrN3O. The fraction of sp³-hybridized carbons (Fsp3) is 0.0625. The maximum atomic E-state index is 11.2. The van der Waals surface area contributed by atoms with E-state index in [0.29, 0.717) is 17.8 Å². The Morgan fingerprint density at radius 2 is 2.00 bits per heavy atom. The molecule has 21 heavy (non-hydrogen) atoms. The Bertz CT molecular complexity index is 751. The van der Waals surface area contributed by atoms with Gasteiger partial charge >= 0.3 is 0 Å². The van der Waals surface area contributed by atoms with E-state index in [9.17, 15) is 4.79 Å². The van der Waals surface area contributed by atoms with Crippen LogP contribution in [-0.4, -0.2) is 21.1 Å². The van der Waals surface area contributed by atoms with Gasteiger partial charge in [0.05, 0.1) is 12.1 Å². The fourth-order valence-corrected chi connectivity index (χ4v) is 2.37. The molecule has 4 nitrogen and oxygen atoms in total. The molecule has 0 aliphatic rings. The van der Waals surface area contributed by atoms with Crippen LogP contribution in [0.2, 0.25) is 0 Å². The molecule has 2 heterocycles. The summed E-state index contributed by atoms with van der Waals surface area (Å²) in [6, 6.07) is 11.7. The number of carbonyl (C=O) groups is 1. The highest BCUT2D eigenvalue weighted by atomic mass is 79.9. The summed E-state index contributed by atoms with van der Waals surface area (Å²) in [6.07, 6.45) is 5.99. The van der Waals surface area contributed by atoms with Crippen LogP contribution in [0.4, 0.5) is 0 Å². The van der Waals surface area contributed by atoms with Crippen molar-refractivity contribution in [2.75, 3.05) is 0 Å². The predicted molar refractivity (Wildman–Crippen MR) is 84.1 cm³/mol. The molecule has 3 aromatic rings. The average molecular weight is 342 g/mol. The van der Waals surface area contributed by atoms with Gasteiger partial charge in [-0.1, -0.05) is 28.1 Å². The summed E-state index contributed by atoms with van der Waals surface area (Å²) in [6.45, 7) is 0.619. The quantitative estimate of drug-likeness (QED) is 0.681. The first-order valence-electron chi connectivity index (χ1n) is 6.44. The third-order valence-corrected chi connectivity index (χ3v) is 3.64. The lowest BCUT2D eigenvalue weighted by molar-refractivity contribution is 0.112. The number of pyridine rings is 1. The molecule has 1 aromatic carbocycles. The molecule has 0 saturated carbocycles. The standard InChI is InChI=1S/C16H12BrN3O/c17-15-5-3-12(4-6-15)9-20-10-14(11-21)16(19-20)13-2-1-7-18-8-13/h1-8,10-11H,9H2. The minimum Gasteiger partial charge on any atom is -0.298 e. The Labute approximate surface area is 130 Å². The number of halogens is 1. The third kappa shape index (κ3) is 3.08.